The molecular formula is C6H11NO3RuS. The number of hydrogen-bond acceptors (Lipinski definition) is 3. The first-order chi connectivity index (χ1) is 5.22. The number of hydrogen-bond donors (Lipinski definition) is 2. The molecule has 0 aliphatic rings. The van der Waals surface area contributed by atoms with Gasteiger partial charge >= 0.3 is 5.97 Å². The Kier molecular flexibility index (Phi) is 10.8. The Morgan fingerprint density at radius 2 is 2.33 bits per heavy atom. The fourth-order valence-corrected chi connectivity index (χ4v) is 1.07. The van der Waals surface area contributed by atoms with Crippen molar-refractivity contribution < 1.29 is 34.2 Å². The molecule has 0 aromatic heterocycles. The SMILES string of the molecule is CSCCC(NC=O)C(=O)O.[Ru]. The van der Waals surface area contributed by atoms with Crippen molar-refractivity contribution in [2.75, 3.05) is 12.0 Å². The van der Waals surface area contributed by atoms with E-state index >= 15 is 0 Å². The Bertz CT molecular complexity index is 145. The van der Waals surface area contributed by atoms with Gasteiger partial charge < -0.3 is 10.4 Å². The van der Waals surface area contributed by atoms with Gasteiger partial charge in [-0.2, -0.15) is 11.8 Å². The van der Waals surface area contributed by atoms with Crippen molar-refractivity contribution in [3.05, 3.63) is 0 Å². The molecule has 0 aromatic carbocycles. The number of carboxylic acid groups (broad SMARTS) is 1. The van der Waals surface area contributed by atoms with Gasteiger partial charge in [0.1, 0.15) is 6.04 Å². The molecule has 0 aliphatic heterocycles. The van der Waals surface area contributed by atoms with Crippen molar-refractivity contribution in [1.29, 1.82) is 0 Å². The number of aliphatic carboxylic acids is 1. The molecule has 0 saturated heterocycles. The molecular weight excluding hydrogens is 267 g/mol. The summed E-state index contributed by atoms with van der Waals surface area (Å²) in [6, 6.07) is -0.736. The minimum absolute atomic E-state index is 0. The largest absolute Gasteiger partial charge is 0.480 e. The fourth-order valence-electron chi connectivity index (χ4n) is 0.596. The van der Waals surface area contributed by atoms with Gasteiger partial charge in [-0.3, -0.25) is 4.79 Å². The molecule has 6 heteroatoms. The summed E-state index contributed by atoms with van der Waals surface area (Å²) < 4.78 is 0. The minimum Gasteiger partial charge on any atom is -0.480 e. The second kappa shape index (κ2) is 9.01. The summed E-state index contributed by atoms with van der Waals surface area (Å²) in [6.45, 7) is 0. The second-order valence-corrected chi connectivity index (χ2v) is 2.94. The van der Waals surface area contributed by atoms with Gasteiger partial charge in [0, 0.05) is 19.5 Å². The van der Waals surface area contributed by atoms with Crippen molar-refractivity contribution in [2.45, 2.75) is 12.5 Å². The van der Waals surface area contributed by atoms with Crippen LogP contribution in [0.3, 0.4) is 0 Å². The Balaban J connectivity index is 0. The summed E-state index contributed by atoms with van der Waals surface area (Å²) in [6.07, 6.45) is 2.77. The molecule has 1 unspecified atom stereocenters. The zero-order chi connectivity index (χ0) is 8.69. The zero-order valence-electron chi connectivity index (χ0n) is 6.59. The third-order valence-electron chi connectivity index (χ3n) is 1.18. The van der Waals surface area contributed by atoms with E-state index in [9.17, 15) is 9.59 Å². The average Bonchev–Trinajstić information content (AvgIpc) is 1.97. The number of rotatable bonds is 6. The van der Waals surface area contributed by atoms with E-state index < -0.39 is 12.0 Å². The molecule has 0 rings (SSSR count). The van der Waals surface area contributed by atoms with E-state index in [1.165, 1.54) is 0 Å². The van der Waals surface area contributed by atoms with Crippen LogP contribution in [0.4, 0.5) is 0 Å². The standard InChI is InChI=1S/C6H11NO3S.Ru/c1-11-3-2-5(6(9)10)7-4-8;/h4-5H,2-3H2,1H3,(H,7,8)(H,9,10);. The average molecular weight is 278 g/mol. The molecule has 0 radical (unpaired) electrons. The van der Waals surface area contributed by atoms with Crippen LogP contribution < -0.4 is 5.32 Å². The topological polar surface area (TPSA) is 66.4 Å². The summed E-state index contributed by atoms with van der Waals surface area (Å²) in [7, 11) is 0. The number of nitrogens with one attached hydrogen (secondary N) is 1. The summed E-state index contributed by atoms with van der Waals surface area (Å²) in [4.78, 5) is 20.3. The van der Waals surface area contributed by atoms with Crippen molar-refractivity contribution in [3.63, 3.8) is 0 Å². The maximum Gasteiger partial charge on any atom is 0.326 e. The van der Waals surface area contributed by atoms with Crippen LogP contribution in [-0.4, -0.2) is 35.5 Å². The monoisotopic (exact) mass is 279 g/mol. The van der Waals surface area contributed by atoms with Crippen LogP contribution in [0, 0.1) is 0 Å². The molecule has 12 heavy (non-hydrogen) atoms. The van der Waals surface area contributed by atoms with Crippen LogP contribution in [0.5, 0.6) is 0 Å². The van der Waals surface area contributed by atoms with Gasteiger partial charge in [-0.25, -0.2) is 4.79 Å². The van der Waals surface area contributed by atoms with Gasteiger partial charge in [0.2, 0.25) is 6.41 Å². The Morgan fingerprint density at radius 3 is 2.67 bits per heavy atom. The second-order valence-electron chi connectivity index (χ2n) is 1.96. The van der Waals surface area contributed by atoms with Crippen LogP contribution in [0.1, 0.15) is 6.42 Å². The normalized spacial score (nSPS) is 11.1. The third kappa shape index (κ3) is 6.61. The van der Waals surface area contributed by atoms with Crippen molar-refractivity contribution in [3.8, 4) is 0 Å². The van der Waals surface area contributed by atoms with Crippen LogP contribution in [0.2, 0.25) is 0 Å². The smallest absolute Gasteiger partial charge is 0.326 e. The van der Waals surface area contributed by atoms with E-state index in [4.69, 9.17) is 5.11 Å². The van der Waals surface area contributed by atoms with Gasteiger partial charge in [0.15, 0.2) is 0 Å². The molecule has 0 fully saturated rings. The molecule has 72 valence electrons. The minimum atomic E-state index is -0.980. The number of carboxylic acids is 1. The third-order valence-corrected chi connectivity index (χ3v) is 1.82. The van der Waals surface area contributed by atoms with Gasteiger partial charge in [0.05, 0.1) is 0 Å². The molecule has 1 atom stereocenters. The fraction of sp³-hybridized carbons (Fsp3) is 0.667. The molecule has 2 N–H and O–H groups in total. The predicted octanol–water partition coefficient (Wildman–Crippen LogP) is -0.0638. The molecule has 0 bridgehead atoms. The summed E-state index contributed by atoms with van der Waals surface area (Å²) in [5.41, 5.74) is 0. The van der Waals surface area contributed by atoms with E-state index in [2.05, 4.69) is 5.32 Å². The van der Waals surface area contributed by atoms with E-state index in [0.717, 1.165) is 5.75 Å². The summed E-state index contributed by atoms with van der Waals surface area (Å²) in [5, 5.41) is 10.7. The van der Waals surface area contributed by atoms with Gasteiger partial charge in [0.25, 0.3) is 0 Å². The van der Waals surface area contributed by atoms with Crippen molar-refractivity contribution in [1.82, 2.24) is 5.32 Å². The van der Waals surface area contributed by atoms with Crippen LogP contribution in [0.15, 0.2) is 0 Å². The molecule has 0 aliphatic carbocycles. The predicted molar refractivity (Wildman–Crippen MR) is 43.6 cm³/mol. The number of carbonyl (C=O) groups excluding carboxylic acids is 1. The zero-order valence-corrected chi connectivity index (χ0v) is 9.15. The number of thioether (sulfide) groups is 1. The van der Waals surface area contributed by atoms with Crippen LogP contribution >= 0.6 is 11.8 Å². The van der Waals surface area contributed by atoms with Gasteiger partial charge in [-0.15, -0.1) is 0 Å². The van der Waals surface area contributed by atoms with Crippen LogP contribution in [-0.2, 0) is 29.1 Å². The van der Waals surface area contributed by atoms with E-state index in [-0.39, 0.29) is 19.5 Å². The Hall–Kier alpha value is -0.0866. The summed E-state index contributed by atoms with van der Waals surface area (Å²) in [5.74, 6) is -0.246. The van der Waals surface area contributed by atoms with Crippen LogP contribution in [0.25, 0.3) is 0 Å². The van der Waals surface area contributed by atoms with Gasteiger partial charge in [-0.1, -0.05) is 0 Å². The first-order valence-corrected chi connectivity index (χ1v) is 4.53. The molecule has 0 spiro atoms. The maximum absolute atomic E-state index is 10.4. The van der Waals surface area contributed by atoms with Crippen molar-refractivity contribution >= 4 is 24.1 Å². The molecule has 0 saturated carbocycles. The first kappa shape index (κ1) is 14.4. The summed E-state index contributed by atoms with van der Waals surface area (Å²) >= 11 is 1.55. The number of carbonyl (C=O) groups is 2. The van der Waals surface area contributed by atoms with E-state index in [1.807, 2.05) is 6.26 Å². The van der Waals surface area contributed by atoms with E-state index in [1.54, 1.807) is 11.8 Å². The molecule has 1 amide bonds. The maximum atomic E-state index is 10.4. The quantitative estimate of drug-likeness (QED) is 0.527. The number of amides is 1. The first-order valence-electron chi connectivity index (χ1n) is 3.13. The van der Waals surface area contributed by atoms with Crippen molar-refractivity contribution in [2.24, 2.45) is 0 Å². The molecule has 0 heterocycles. The Morgan fingerprint density at radius 1 is 1.75 bits per heavy atom. The van der Waals surface area contributed by atoms with E-state index in [0.29, 0.717) is 12.8 Å². The van der Waals surface area contributed by atoms with Gasteiger partial charge in [-0.05, 0) is 18.4 Å². The molecule has 4 nitrogen and oxygen atoms in total. The molecule has 0 aromatic rings. The Labute approximate surface area is 88.2 Å².